The van der Waals surface area contributed by atoms with Crippen molar-refractivity contribution < 1.29 is 33.6 Å². The number of hydrogen-bond acceptors (Lipinski definition) is 4. The van der Waals surface area contributed by atoms with Crippen LogP contribution in [0.2, 0.25) is 0 Å². The minimum Gasteiger partial charge on any atom is -0.394 e. The molecule has 0 rings (SSSR count). The Balaban J connectivity index is 0. The maximum absolute atomic E-state index is 10.2. The Morgan fingerprint density at radius 2 is 1.53 bits per heavy atom. The zero-order chi connectivity index (χ0) is 12.5. The van der Waals surface area contributed by atoms with Gasteiger partial charge in [-0.05, 0) is 0 Å². The molecule has 0 aliphatic heterocycles. The number of likely N-dealkylation sites (N-methyl/N-ethyl adjacent to an activating group) is 1. The molecule has 0 unspecified atom stereocenters. The van der Waals surface area contributed by atoms with Crippen LogP contribution < -0.4 is 0 Å². The second kappa shape index (κ2) is 8.18. The highest BCUT2D eigenvalue weighted by molar-refractivity contribution is 7.46. The number of hydrogen-bond donors (Lipinski definition) is 4. The van der Waals surface area contributed by atoms with Gasteiger partial charge in [0, 0.05) is 0 Å². The summed E-state index contributed by atoms with van der Waals surface area (Å²) >= 11 is 0. The molecule has 0 amide bonds. The van der Waals surface area contributed by atoms with Gasteiger partial charge in [-0.3, -0.25) is 4.52 Å². The molecule has 0 atom stereocenters. The van der Waals surface area contributed by atoms with Gasteiger partial charge in [-0.15, -0.1) is 0 Å². The van der Waals surface area contributed by atoms with E-state index in [2.05, 4.69) is 4.52 Å². The molecule has 0 aromatic rings. The molecule has 0 aromatic heterocycles. The van der Waals surface area contributed by atoms with Gasteiger partial charge in [-0.1, -0.05) is 0 Å². The van der Waals surface area contributed by atoms with Crippen molar-refractivity contribution in [2.45, 2.75) is 0 Å². The van der Waals surface area contributed by atoms with Crippen LogP contribution in [0.25, 0.3) is 0 Å². The average Bonchev–Trinajstić information content (AvgIpc) is 2.00. The van der Waals surface area contributed by atoms with Crippen LogP contribution in [0.5, 0.6) is 0 Å². The molecule has 0 saturated heterocycles. The Labute approximate surface area is 89.7 Å². The lowest BCUT2D eigenvalue weighted by Crippen LogP contribution is -2.37. The minimum absolute atomic E-state index is 0.0772. The fraction of sp³-hybridized carbons (Fsp3) is 1.00. The molecule has 0 aliphatic rings. The SMILES string of the molecule is C[N+](C)(C)CCOP(=O)(O)O.OCCO. The zero-order valence-corrected chi connectivity index (χ0v) is 10.2. The van der Waals surface area contributed by atoms with Crippen LogP contribution in [0.3, 0.4) is 0 Å². The molecule has 94 valence electrons. The second-order valence-electron chi connectivity index (χ2n) is 3.78. The van der Waals surface area contributed by atoms with Crippen molar-refractivity contribution in [2.75, 3.05) is 47.5 Å². The van der Waals surface area contributed by atoms with E-state index in [0.29, 0.717) is 11.0 Å². The monoisotopic (exact) mass is 246 g/mol. The maximum Gasteiger partial charge on any atom is 0.469 e. The van der Waals surface area contributed by atoms with Crippen LogP contribution in [0.4, 0.5) is 0 Å². The van der Waals surface area contributed by atoms with Gasteiger partial charge in [0.25, 0.3) is 0 Å². The van der Waals surface area contributed by atoms with Crippen molar-refractivity contribution >= 4 is 7.82 Å². The van der Waals surface area contributed by atoms with Crippen LogP contribution in [0.1, 0.15) is 0 Å². The summed E-state index contributed by atoms with van der Waals surface area (Å²) < 4.78 is 15.1. The molecule has 0 fully saturated rings. The van der Waals surface area contributed by atoms with Gasteiger partial charge in [-0.25, -0.2) is 4.57 Å². The summed E-state index contributed by atoms with van der Waals surface area (Å²) in [4.78, 5) is 16.6. The number of aliphatic hydroxyl groups is 2. The van der Waals surface area contributed by atoms with E-state index in [9.17, 15) is 4.57 Å². The van der Waals surface area contributed by atoms with Gasteiger partial charge in [0.15, 0.2) is 0 Å². The summed E-state index contributed by atoms with van der Waals surface area (Å²) in [5, 5.41) is 15.2. The average molecular weight is 246 g/mol. The molecular formula is C7H21NO6P+. The first-order chi connectivity index (χ1) is 6.62. The molecule has 7 nitrogen and oxygen atoms in total. The number of nitrogens with zero attached hydrogens (tertiary/aromatic N) is 1. The van der Waals surface area contributed by atoms with Crippen LogP contribution in [0, 0.1) is 0 Å². The van der Waals surface area contributed by atoms with Gasteiger partial charge in [0.1, 0.15) is 13.2 Å². The molecule has 8 heteroatoms. The van der Waals surface area contributed by atoms with Crippen LogP contribution in [0.15, 0.2) is 0 Å². The quantitative estimate of drug-likeness (QED) is 0.357. The molecule has 0 saturated carbocycles. The molecule has 15 heavy (non-hydrogen) atoms. The summed E-state index contributed by atoms with van der Waals surface area (Å²) in [5.41, 5.74) is 0. The van der Waals surface area contributed by atoms with E-state index in [1.165, 1.54) is 0 Å². The molecule has 0 heterocycles. The second-order valence-corrected chi connectivity index (χ2v) is 5.02. The van der Waals surface area contributed by atoms with Crippen molar-refractivity contribution in [1.82, 2.24) is 0 Å². The highest BCUT2D eigenvalue weighted by Crippen LogP contribution is 2.35. The maximum atomic E-state index is 10.2. The van der Waals surface area contributed by atoms with Crippen molar-refractivity contribution in [2.24, 2.45) is 0 Å². The van der Waals surface area contributed by atoms with Gasteiger partial charge in [0.2, 0.25) is 0 Å². The van der Waals surface area contributed by atoms with E-state index in [-0.39, 0.29) is 19.8 Å². The lowest BCUT2D eigenvalue weighted by atomic mass is 10.5. The molecule has 0 radical (unpaired) electrons. The van der Waals surface area contributed by atoms with Crippen LogP contribution in [-0.2, 0) is 9.09 Å². The number of aliphatic hydroxyl groups excluding tert-OH is 2. The molecule has 0 spiro atoms. The fourth-order valence-corrected chi connectivity index (χ4v) is 0.753. The molecule has 0 bridgehead atoms. The third-order valence-electron chi connectivity index (χ3n) is 1.12. The number of rotatable bonds is 5. The minimum atomic E-state index is -4.26. The van der Waals surface area contributed by atoms with E-state index in [0.717, 1.165) is 0 Å². The molecular weight excluding hydrogens is 225 g/mol. The first-order valence-electron chi connectivity index (χ1n) is 4.34. The van der Waals surface area contributed by atoms with Gasteiger partial charge >= 0.3 is 7.82 Å². The van der Waals surface area contributed by atoms with Crippen LogP contribution >= 0.6 is 7.82 Å². The topological polar surface area (TPSA) is 107 Å². The van der Waals surface area contributed by atoms with E-state index < -0.39 is 7.82 Å². The Hall–Kier alpha value is -0.0100. The van der Waals surface area contributed by atoms with Crippen molar-refractivity contribution in [1.29, 1.82) is 0 Å². The Kier molecular flexibility index (Phi) is 9.48. The van der Waals surface area contributed by atoms with Gasteiger partial charge in [0.05, 0.1) is 34.4 Å². The fourth-order valence-electron chi connectivity index (χ4n) is 0.434. The zero-order valence-electron chi connectivity index (χ0n) is 9.33. The lowest BCUT2D eigenvalue weighted by molar-refractivity contribution is -0.870. The Morgan fingerprint density at radius 3 is 1.73 bits per heavy atom. The van der Waals surface area contributed by atoms with E-state index in [1.54, 1.807) is 0 Å². The van der Waals surface area contributed by atoms with Gasteiger partial charge in [-0.2, -0.15) is 0 Å². The molecule has 0 aliphatic carbocycles. The summed E-state index contributed by atoms with van der Waals surface area (Å²) in [6.07, 6.45) is 0. The molecule has 4 N–H and O–H groups in total. The standard InChI is InChI=1S/C5H14NO4P.C2H6O2/c1-6(2,3)4-5-10-11(7,8)9;3-1-2-4/h4-5H2,1-3H3,(H-,7,8,9);3-4H,1-2H2/p+1. The first-order valence-corrected chi connectivity index (χ1v) is 5.87. The summed E-state index contributed by atoms with van der Waals surface area (Å²) in [5.74, 6) is 0. The van der Waals surface area contributed by atoms with E-state index in [1.807, 2.05) is 21.1 Å². The van der Waals surface area contributed by atoms with Crippen LogP contribution in [-0.4, -0.2) is 72.0 Å². The number of phosphoric ester groups is 1. The first kappa shape index (κ1) is 17.4. The predicted molar refractivity (Wildman–Crippen MR) is 55.1 cm³/mol. The van der Waals surface area contributed by atoms with Crippen molar-refractivity contribution in [3.8, 4) is 0 Å². The van der Waals surface area contributed by atoms with E-state index >= 15 is 0 Å². The van der Waals surface area contributed by atoms with Gasteiger partial charge < -0.3 is 24.5 Å². The molecule has 0 aromatic carbocycles. The number of quaternary nitrogens is 1. The highest BCUT2D eigenvalue weighted by atomic mass is 31.2. The van der Waals surface area contributed by atoms with E-state index in [4.69, 9.17) is 20.0 Å². The normalized spacial score (nSPS) is 11.9. The largest absolute Gasteiger partial charge is 0.469 e. The van der Waals surface area contributed by atoms with Crippen molar-refractivity contribution in [3.05, 3.63) is 0 Å². The highest BCUT2D eigenvalue weighted by Gasteiger charge is 2.15. The lowest BCUT2D eigenvalue weighted by Gasteiger charge is -2.23. The third kappa shape index (κ3) is 24.9. The summed E-state index contributed by atoms with van der Waals surface area (Å²) in [6.45, 7) is 0.402. The Morgan fingerprint density at radius 1 is 1.13 bits per heavy atom. The summed E-state index contributed by atoms with van der Waals surface area (Å²) in [6, 6.07) is 0. The Bertz CT molecular complexity index is 184. The predicted octanol–water partition coefficient (Wildman–Crippen LogP) is -1.23. The number of phosphoric acid groups is 1. The smallest absolute Gasteiger partial charge is 0.394 e. The summed E-state index contributed by atoms with van der Waals surface area (Å²) in [7, 11) is 1.50. The third-order valence-corrected chi connectivity index (χ3v) is 1.64. The van der Waals surface area contributed by atoms with Crippen molar-refractivity contribution in [3.63, 3.8) is 0 Å².